The molecule has 0 aromatic heterocycles. The summed E-state index contributed by atoms with van der Waals surface area (Å²) in [6.45, 7) is 5.99. The largest absolute Gasteiger partial charge is 0.573 e. The molecule has 2 rings (SSSR count). The molecule has 1 fully saturated rings. The highest BCUT2D eigenvalue weighted by atomic mass is 79.9. The predicted molar refractivity (Wildman–Crippen MR) is 79.6 cm³/mol. The molecule has 0 bridgehead atoms. The van der Waals surface area contributed by atoms with Crippen molar-refractivity contribution in [2.24, 2.45) is 0 Å². The van der Waals surface area contributed by atoms with Gasteiger partial charge in [-0.3, -0.25) is 4.90 Å². The van der Waals surface area contributed by atoms with Crippen molar-refractivity contribution >= 4 is 21.6 Å². The normalized spacial score (nSPS) is 20.0. The Bertz CT molecular complexity index is 494. The van der Waals surface area contributed by atoms with Crippen LogP contribution in [0.3, 0.4) is 0 Å². The fourth-order valence-corrected chi connectivity index (χ4v) is 2.76. The van der Waals surface area contributed by atoms with Gasteiger partial charge in [-0.1, -0.05) is 15.9 Å². The molecule has 0 amide bonds. The number of nitrogens with zero attached hydrogens (tertiary/aromatic N) is 1. The molecule has 0 saturated carbocycles. The summed E-state index contributed by atoms with van der Waals surface area (Å²) < 4.78 is 42.0. The number of ether oxygens (including phenoxy) is 1. The van der Waals surface area contributed by atoms with Gasteiger partial charge in [0.05, 0.1) is 5.69 Å². The van der Waals surface area contributed by atoms with Crippen molar-refractivity contribution in [1.29, 1.82) is 0 Å². The molecule has 1 heterocycles. The highest BCUT2D eigenvalue weighted by Crippen LogP contribution is 2.34. The van der Waals surface area contributed by atoms with Crippen molar-refractivity contribution in [3.05, 3.63) is 22.7 Å². The molecule has 1 unspecified atom stereocenters. The van der Waals surface area contributed by atoms with E-state index in [0.29, 0.717) is 16.2 Å². The second-order valence-electron chi connectivity index (χ2n) is 5.41. The monoisotopic (exact) mass is 366 g/mol. The summed E-state index contributed by atoms with van der Waals surface area (Å²) in [6.07, 6.45) is -3.80. The number of benzene rings is 1. The number of hydrogen-bond donors (Lipinski definition) is 1. The van der Waals surface area contributed by atoms with Crippen LogP contribution in [-0.2, 0) is 0 Å². The minimum absolute atomic E-state index is 0.129. The standard InChI is InChI=1S/C14H18BrF3N2O/c1-9(2)20-6-5-11(8-20)19-12-4-3-10(15)7-13(12)21-14(16,17)18/h3-4,7,9,11,19H,5-6,8H2,1-2H3. The van der Waals surface area contributed by atoms with Crippen LogP contribution in [0.1, 0.15) is 20.3 Å². The smallest absolute Gasteiger partial charge is 0.404 e. The third-order valence-corrected chi connectivity index (χ3v) is 3.97. The molecule has 3 nitrogen and oxygen atoms in total. The average molecular weight is 367 g/mol. The van der Waals surface area contributed by atoms with Crippen LogP contribution < -0.4 is 10.1 Å². The van der Waals surface area contributed by atoms with Gasteiger partial charge in [0.2, 0.25) is 0 Å². The zero-order chi connectivity index (χ0) is 15.6. The zero-order valence-corrected chi connectivity index (χ0v) is 13.5. The number of likely N-dealkylation sites (tertiary alicyclic amines) is 1. The van der Waals surface area contributed by atoms with E-state index in [1.54, 1.807) is 12.1 Å². The summed E-state index contributed by atoms with van der Waals surface area (Å²) in [4.78, 5) is 2.29. The van der Waals surface area contributed by atoms with Gasteiger partial charge < -0.3 is 10.1 Å². The summed E-state index contributed by atoms with van der Waals surface area (Å²) in [7, 11) is 0. The van der Waals surface area contributed by atoms with E-state index in [-0.39, 0.29) is 11.8 Å². The molecule has 1 aromatic carbocycles. The number of anilines is 1. The SMILES string of the molecule is CC(C)N1CCC(Nc2ccc(Br)cc2OC(F)(F)F)C1. The van der Waals surface area contributed by atoms with E-state index >= 15 is 0 Å². The van der Waals surface area contributed by atoms with Crippen LogP contribution in [-0.4, -0.2) is 36.4 Å². The van der Waals surface area contributed by atoms with E-state index in [4.69, 9.17) is 0 Å². The first-order valence-corrected chi connectivity index (χ1v) is 7.60. The maximum absolute atomic E-state index is 12.5. The van der Waals surface area contributed by atoms with Crippen LogP contribution in [0, 0.1) is 0 Å². The zero-order valence-electron chi connectivity index (χ0n) is 11.9. The average Bonchev–Trinajstić information content (AvgIpc) is 2.79. The van der Waals surface area contributed by atoms with Gasteiger partial charge in [0.15, 0.2) is 5.75 Å². The lowest BCUT2D eigenvalue weighted by Crippen LogP contribution is -2.31. The molecule has 1 saturated heterocycles. The number of halogens is 4. The van der Waals surface area contributed by atoms with E-state index in [1.165, 1.54) is 6.07 Å². The third-order valence-electron chi connectivity index (χ3n) is 3.48. The topological polar surface area (TPSA) is 24.5 Å². The van der Waals surface area contributed by atoms with E-state index in [2.05, 4.69) is 44.7 Å². The Morgan fingerprint density at radius 3 is 2.67 bits per heavy atom. The third kappa shape index (κ3) is 4.78. The van der Waals surface area contributed by atoms with Gasteiger partial charge in [0.25, 0.3) is 0 Å². The highest BCUT2D eigenvalue weighted by Gasteiger charge is 2.33. The van der Waals surface area contributed by atoms with Crippen LogP contribution in [0.25, 0.3) is 0 Å². The molecule has 1 aromatic rings. The first-order valence-electron chi connectivity index (χ1n) is 6.80. The van der Waals surface area contributed by atoms with Gasteiger partial charge >= 0.3 is 6.36 Å². The molecule has 0 radical (unpaired) electrons. The molecular formula is C14H18BrF3N2O. The number of rotatable bonds is 4. The number of nitrogens with one attached hydrogen (secondary N) is 1. The summed E-state index contributed by atoms with van der Waals surface area (Å²) in [6, 6.07) is 5.19. The van der Waals surface area contributed by atoms with Gasteiger partial charge in [0.1, 0.15) is 0 Å². The Kier molecular flexibility index (Phi) is 5.03. The van der Waals surface area contributed by atoms with Crippen molar-refractivity contribution < 1.29 is 17.9 Å². The van der Waals surface area contributed by atoms with Gasteiger partial charge in [-0.15, -0.1) is 13.2 Å². The van der Waals surface area contributed by atoms with E-state index < -0.39 is 6.36 Å². The summed E-state index contributed by atoms with van der Waals surface area (Å²) in [5.41, 5.74) is 0.367. The molecule has 1 N–H and O–H groups in total. The van der Waals surface area contributed by atoms with Crippen LogP contribution in [0.2, 0.25) is 0 Å². The lowest BCUT2D eigenvalue weighted by molar-refractivity contribution is -0.274. The molecular weight excluding hydrogens is 349 g/mol. The maximum atomic E-state index is 12.5. The molecule has 1 aliphatic heterocycles. The van der Waals surface area contributed by atoms with Gasteiger partial charge in [-0.25, -0.2) is 0 Å². The first-order chi connectivity index (χ1) is 9.74. The van der Waals surface area contributed by atoms with E-state index in [1.807, 2.05) is 0 Å². The van der Waals surface area contributed by atoms with Gasteiger partial charge in [0, 0.05) is 29.6 Å². The van der Waals surface area contributed by atoms with Crippen LogP contribution >= 0.6 is 15.9 Å². The second-order valence-corrected chi connectivity index (χ2v) is 6.32. The highest BCUT2D eigenvalue weighted by molar-refractivity contribution is 9.10. The van der Waals surface area contributed by atoms with Crippen LogP contribution in [0.4, 0.5) is 18.9 Å². The van der Waals surface area contributed by atoms with Crippen molar-refractivity contribution in [2.45, 2.75) is 38.7 Å². The van der Waals surface area contributed by atoms with E-state index in [9.17, 15) is 13.2 Å². The maximum Gasteiger partial charge on any atom is 0.573 e. The minimum Gasteiger partial charge on any atom is -0.404 e. The first kappa shape index (κ1) is 16.4. The summed E-state index contributed by atoms with van der Waals surface area (Å²) in [5, 5.41) is 3.16. The van der Waals surface area contributed by atoms with Crippen molar-refractivity contribution in [3.63, 3.8) is 0 Å². The summed E-state index contributed by atoms with van der Waals surface area (Å²) >= 11 is 3.16. The Morgan fingerprint density at radius 1 is 1.38 bits per heavy atom. The lowest BCUT2D eigenvalue weighted by Gasteiger charge is -2.22. The Balaban J connectivity index is 2.09. The molecule has 1 aliphatic rings. The lowest BCUT2D eigenvalue weighted by atomic mass is 10.2. The molecule has 7 heteroatoms. The Labute approximate surface area is 130 Å². The fourth-order valence-electron chi connectivity index (χ4n) is 2.42. The molecule has 0 aliphatic carbocycles. The molecule has 0 spiro atoms. The Hall–Kier alpha value is -0.950. The second kappa shape index (κ2) is 6.44. The van der Waals surface area contributed by atoms with Gasteiger partial charge in [-0.2, -0.15) is 0 Å². The fraction of sp³-hybridized carbons (Fsp3) is 0.571. The minimum atomic E-state index is -4.70. The quantitative estimate of drug-likeness (QED) is 0.862. The molecule has 21 heavy (non-hydrogen) atoms. The van der Waals surface area contributed by atoms with Crippen LogP contribution in [0.15, 0.2) is 22.7 Å². The van der Waals surface area contributed by atoms with Crippen molar-refractivity contribution in [3.8, 4) is 5.75 Å². The predicted octanol–water partition coefficient (Wildman–Crippen LogP) is 4.24. The van der Waals surface area contributed by atoms with Crippen LogP contribution in [0.5, 0.6) is 5.75 Å². The van der Waals surface area contributed by atoms with Crippen molar-refractivity contribution in [2.75, 3.05) is 18.4 Å². The molecule has 1 atom stereocenters. The van der Waals surface area contributed by atoms with E-state index in [0.717, 1.165) is 19.5 Å². The Morgan fingerprint density at radius 2 is 2.10 bits per heavy atom. The number of alkyl halides is 3. The van der Waals surface area contributed by atoms with Crippen molar-refractivity contribution in [1.82, 2.24) is 4.90 Å². The summed E-state index contributed by atoms with van der Waals surface area (Å²) in [5.74, 6) is -0.208. The van der Waals surface area contributed by atoms with Gasteiger partial charge in [-0.05, 0) is 38.5 Å². The number of hydrogen-bond acceptors (Lipinski definition) is 3. The molecule has 118 valence electrons.